The summed E-state index contributed by atoms with van der Waals surface area (Å²) in [6.45, 7) is 1.15. The maximum Gasteiger partial charge on any atom is 0.160 e. The molecular formula is C7H14O5. The van der Waals surface area contributed by atoms with Gasteiger partial charge in [0.05, 0.1) is 12.7 Å². The normalized spacial score (nSPS) is 49.2. The number of hydrogen-bond acceptors (Lipinski definition) is 5. The Morgan fingerprint density at radius 1 is 1.17 bits per heavy atom. The fraction of sp³-hybridized carbons (Fsp3) is 1.00. The van der Waals surface area contributed by atoms with Gasteiger partial charge >= 0.3 is 0 Å². The Bertz CT molecular complexity index is 146. The van der Waals surface area contributed by atoms with Crippen LogP contribution in [0, 0.1) is 5.92 Å². The molecule has 0 saturated carbocycles. The van der Waals surface area contributed by atoms with Crippen molar-refractivity contribution in [3.8, 4) is 0 Å². The minimum Gasteiger partial charge on any atom is -0.394 e. The highest BCUT2D eigenvalue weighted by Gasteiger charge is 2.40. The molecule has 1 heterocycles. The summed E-state index contributed by atoms with van der Waals surface area (Å²) < 4.78 is 4.83. The quantitative estimate of drug-likeness (QED) is 0.375. The molecule has 0 spiro atoms. The molecule has 1 aliphatic rings. The van der Waals surface area contributed by atoms with Crippen molar-refractivity contribution >= 4 is 0 Å². The van der Waals surface area contributed by atoms with Gasteiger partial charge in [-0.15, -0.1) is 0 Å². The molecule has 1 saturated heterocycles. The van der Waals surface area contributed by atoms with E-state index in [1.807, 2.05) is 0 Å². The van der Waals surface area contributed by atoms with Crippen LogP contribution in [0.25, 0.3) is 0 Å². The third-order valence-electron chi connectivity index (χ3n) is 2.21. The first-order valence-corrected chi connectivity index (χ1v) is 3.88. The van der Waals surface area contributed by atoms with E-state index < -0.39 is 37.1 Å². The standard InChI is InChI=1S/C7H14O5/c1-3-5(9)6(10)4(2-8)12-7(3)11/h3-11H,2H2,1H3/t3-,4-,5-,6+,7+/m0/s1. The molecule has 1 aliphatic heterocycles. The fourth-order valence-electron chi connectivity index (χ4n) is 1.23. The van der Waals surface area contributed by atoms with Gasteiger partial charge in [0, 0.05) is 5.92 Å². The number of ether oxygens (including phenoxy) is 1. The maximum absolute atomic E-state index is 9.32. The largest absolute Gasteiger partial charge is 0.394 e. The van der Waals surface area contributed by atoms with Crippen LogP contribution in [0.1, 0.15) is 6.92 Å². The average molecular weight is 178 g/mol. The van der Waals surface area contributed by atoms with Crippen LogP contribution < -0.4 is 0 Å². The first-order valence-electron chi connectivity index (χ1n) is 3.88. The van der Waals surface area contributed by atoms with Crippen molar-refractivity contribution in [2.24, 2.45) is 5.92 Å². The highest BCUT2D eigenvalue weighted by Crippen LogP contribution is 2.23. The minimum atomic E-state index is -1.13. The summed E-state index contributed by atoms with van der Waals surface area (Å²) in [5, 5.41) is 36.4. The van der Waals surface area contributed by atoms with Crippen molar-refractivity contribution < 1.29 is 25.2 Å². The Morgan fingerprint density at radius 2 is 1.75 bits per heavy atom. The molecule has 12 heavy (non-hydrogen) atoms. The lowest BCUT2D eigenvalue weighted by atomic mass is 9.93. The number of hydrogen-bond donors (Lipinski definition) is 4. The van der Waals surface area contributed by atoms with E-state index in [4.69, 9.17) is 14.9 Å². The maximum atomic E-state index is 9.32. The highest BCUT2D eigenvalue weighted by molar-refractivity contribution is 4.86. The van der Waals surface area contributed by atoms with Gasteiger partial charge in [-0.1, -0.05) is 6.92 Å². The summed E-state index contributed by atoms with van der Waals surface area (Å²) in [6.07, 6.45) is -4.20. The van der Waals surface area contributed by atoms with Crippen molar-refractivity contribution in [1.29, 1.82) is 0 Å². The lowest BCUT2D eigenvalue weighted by molar-refractivity contribution is -0.266. The molecule has 72 valence electrons. The van der Waals surface area contributed by atoms with Gasteiger partial charge in [-0.05, 0) is 0 Å². The fourth-order valence-corrected chi connectivity index (χ4v) is 1.23. The SMILES string of the molecule is C[C@H]1[C@H](O)[C@H](O)[C@H](CO)O[C@H]1O. The third kappa shape index (κ3) is 1.60. The van der Waals surface area contributed by atoms with Crippen LogP contribution in [-0.2, 0) is 4.74 Å². The smallest absolute Gasteiger partial charge is 0.160 e. The predicted octanol–water partition coefficient (Wildman–Crippen LogP) is -1.95. The Hall–Kier alpha value is -0.200. The van der Waals surface area contributed by atoms with Crippen LogP contribution >= 0.6 is 0 Å². The molecule has 1 rings (SSSR count). The van der Waals surface area contributed by atoms with Gasteiger partial charge in [-0.2, -0.15) is 0 Å². The lowest BCUT2D eigenvalue weighted by Gasteiger charge is -2.38. The number of rotatable bonds is 1. The van der Waals surface area contributed by atoms with Crippen molar-refractivity contribution in [1.82, 2.24) is 0 Å². The molecule has 0 aromatic heterocycles. The number of aliphatic hydroxyl groups excluding tert-OH is 4. The summed E-state index contributed by atoms with van der Waals surface area (Å²) in [7, 11) is 0. The molecule has 0 radical (unpaired) electrons. The second-order valence-electron chi connectivity index (χ2n) is 3.09. The molecule has 1 fully saturated rings. The molecule has 0 bridgehead atoms. The van der Waals surface area contributed by atoms with E-state index in [-0.39, 0.29) is 0 Å². The van der Waals surface area contributed by atoms with Gasteiger partial charge < -0.3 is 25.2 Å². The Balaban J connectivity index is 2.63. The van der Waals surface area contributed by atoms with Crippen LogP contribution in [-0.4, -0.2) is 51.6 Å². The topological polar surface area (TPSA) is 90.2 Å². The summed E-state index contributed by atoms with van der Waals surface area (Å²) in [4.78, 5) is 0. The van der Waals surface area contributed by atoms with Crippen LogP contribution in [0.5, 0.6) is 0 Å². The first kappa shape index (κ1) is 9.88. The molecule has 0 aromatic rings. The summed E-state index contributed by atoms with van der Waals surface area (Å²) in [5.74, 6) is -0.539. The Morgan fingerprint density at radius 3 is 2.25 bits per heavy atom. The van der Waals surface area contributed by atoms with Gasteiger partial charge in [0.25, 0.3) is 0 Å². The third-order valence-corrected chi connectivity index (χ3v) is 2.21. The molecule has 4 N–H and O–H groups in total. The average Bonchev–Trinajstić information content (AvgIpc) is 2.08. The first-order chi connectivity index (χ1) is 5.57. The van der Waals surface area contributed by atoms with Gasteiger partial charge in [0.2, 0.25) is 0 Å². The minimum absolute atomic E-state index is 0.415. The number of aliphatic hydroxyl groups is 4. The molecule has 5 heteroatoms. The van der Waals surface area contributed by atoms with Crippen molar-refractivity contribution in [2.75, 3.05) is 6.61 Å². The van der Waals surface area contributed by atoms with E-state index >= 15 is 0 Å². The Kier molecular flexibility index (Phi) is 3.03. The highest BCUT2D eigenvalue weighted by atomic mass is 16.6. The van der Waals surface area contributed by atoms with Gasteiger partial charge in [0.15, 0.2) is 6.29 Å². The molecule has 0 aromatic carbocycles. The summed E-state index contributed by atoms with van der Waals surface area (Å²) in [6, 6.07) is 0. The summed E-state index contributed by atoms with van der Waals surface area (Å²) in [5.41, 5.74) is 0. The zero-order chi connectivity index (χ0) is 9.30. The van der Waals surface area contributed by atoms with Gasteiger partial charge in [0.1, 0.15) is 12.2 Å². The zero-order valence-corrected chi connectivity index (χ0v) is 6.79. The zero-order valence-electron chi connectivity index (χ0n) is 6.79. The molecule has 0 aliphatic carbocycles. The van der Waals surface area contributed by atoms with Crippen molar-refractivity contribution in [3.63, 3.8) is 0 Å². The summed E-state index contributed by atoms with van der Waals surface area (Å²) >= 11 is 0. The molecular weight excluding hydrogens is 164 g/mol. The molecule has 5 atom stereocenters. The second-order valence-corrected chi connectivity index (χ2v) is 3.09. The van der Waals surface area contributed by atoms with Crippen LogP contribution in [0.3, 0.4) is 0 Å². The monoisotopic (exact) mass is 178 g/mol. The van der Waals surface area contributed by atoms with E-state index in [2.05, 4.69) is 0 Å². The van der Waals surface area contributed by atoms with E-state index in [1.165, 1.54) is 0 Å². The van der Waals surface area contributed by atoms with Gasteiger partial charge in [-0.25, -0.2) is 0 Å². The van der Waals surface area contributed by atoms with E-state index in [0.717, 1.165) is 0 Å². The molecule has 0 amide bonds. The predicted molar refractivity (Wildman–Crippen MR) is 39.1 cm³/mol. The lowest BCUT2D eigenvalue weighted by Crippen LogP contribution is -2.54. The van der Waals surface area contributed by atoms with E-state index in [1.54, 1.807) is 6.92 Å². The molecule has 5 nitrogen and oxygen atoms in total. The van der Waals surface area contributed by atoms with Gasteiger partial charge in [-0.3, -0.25) is 0 Å². The second kappa shape index (κ2) is 3.68. The van der Waals surface area contributed by atoms with E-state index in [0.29, 0.717) is 0 Å². The van der Waals surface area contributed by atoms with Crippen LogP contribution in [0.15, 0.2) is 0 Å². The van der Waals surface area contributed by atoms with E-state index in [9.17, 15) is 10.2 Å². The van der Waals surface area contributed by atoms with Crippen LogP contribution in [0.2, 0.25) is 0 Å². The molecule has 0 unspecified atom stereocenters. The van der Waals surface area contributed by atoms with Crippen LogP contribution in [0.4, 0.5) is 0 Å². The van der Waals surface area contributed by atoms with Crippen molar-refractivity contribution in [2.45, 2.75) is 31.5 Å². The van der Waals surface area contributed by atoms with Crippen molar-refractivity contribution in [3.05, 3.63) is 0 Å². The Labute approximate surface area is 70.2 Å².